The van der Waals surface area contributed by atoms with E-state index in [0.717, 1.165) is 28.4 Å². The van der Waals surface area contributed by atoms with E-state index in [1.165, 1.54) is 11.3 Å². The highest BCUT2D eigenvalue weighted by molar-refractivity contribution is 7.15. The van der Waals surface area contributed by atoms with Gasteiger partial charge in [0, 0.05) is 12.1 Å². The molecule has 7 nitrogen and oxygen atoms in total. The molecule has 0 fully saturated rings. The van der Waals surface area contributed by atoms with Gasteiger partial charge in [-0.3, -0.25) is 9.48 Å². The molecule has 0 unspecified atom stereocenters. The molecule has 0 aromatic carbocycles. The van der Waals surface area contributed by atoms with Crippen molar-refractivity contribution in [2.45, 2.75) is 53.0 Å². The first-order valence-corrected chi connectivity index (χ1v) is 8.38. The number of carbonyl (C=O) groups is 1. The molecule has 8 heteroatoms. The van der Waals surface area contributed by atoms with Gasteiger partial charge in [0.25, 0.3) is 0 Å². The van der Waals surface area contributed by atoms with E-state index in [9.17, 15) is 4.79 Å². The van der Waals surface area contributed by atoms with Gasteiger partial charge in [0.2, 0.25) is 11.0 Å². The van der Waals surface area contributed by atoms with Crippen LogP contribution in [0.2, 0.25) is 0 Å². The van der Waals surface area contributed by atoms with E-state index < -0.39 is 0 Å². The van der Waals surface area contributed by atoms with Gasteiger partial charge < -0.3 is 5.32 Å². The van der Waals surface area contributed by atoms with Gasteiger partial charge in [-0.25, -0.2) is 0 Å². The molecule has 2 rings (SSSR count). The number of aromatic nitrogens is 4. The van der Waals surface area contributed by atoms with E-state index >= 15 is 0 Å². The summed E-state index contributed by atoms with van der Waals surface area (Å²) in [4.78, 5) is 12.0. The first-order chi connectivity index (χ1) is 11.0. The van der Waals surface area contributed by atoms with Crippen LogP contribution in [0.3, 0.4) is 0 Å². The van der Waals surface area contributed by atoms with Crippen LogP contribution >= 0.6 is 11.3 Å². The van der Waals surface area contributed by atoms with Gasteiger partial charge in [0.05, 0.1) is 24.7 Å². The Balaban J connectivity index is 1.93. The number of amides is 1. The normalized spacial score (nSPS) is 10.5. The predicted molar refractivity (Wildman–Crippen MR) is 88.2 cm³/mol. The molecule has 0 spiro atoms. The second kappa shape index (κ2) is 7.83. The topological polar surface area (TPSA) is 96.5 Å². The van der Waals surface area contributed by atoms with Crippen molar-refractivity contribution in [2.24, 2.45) is 0 Å². The molecule has 0 aliphatic carbocycles. The lowest BCUT2D eigenvalue weighted by Crippen LogP contribution is -2.12. The van der Waals surface area contributed by atoms with Crippen LogP contribution in [0.15, 0.2) is 0 Å². The number of carbonyl (C=O) groups excluding carboxylic acids is 1. The molecule has 23 heavy (non-hydrogen) atoms. The summed E-state index contributed by atoms with van der Waals surface area (Å²) in [5, 5.41) is 25.3. The van der Waals surface area contributed by atoms with Crippen molar-refractivity contribution in [1.82, 2.24) is 20.0 Å². The number of nitrogens with zero attached hydrogens (tertiary/aromatic N) is 5. The minimum atomic E-state index is -0.0765. The second-order valence-corrected chi connectivity index (χ2v) is 6.25. The fourth-order valence-corrected chi connectivity index (χ4v) is 3.03. The third-order valence-electron chi connectivity index (χ3n) is 3.58. The van der Waals surface area contributed by atoms with Crippen molar-refractivity contribution in [3.8, 4) is 6.07 Å². The number of hydrogen-bond acceptors (Lipinski definition) is 6. The molecule has 0 saturated heterocycles. The van der Waals surface area contributed by atoms with Crippen molar-refractivity contribution in [1.29, 1.82) is 5.26 Å². The molecular weight excluding hydrogens is 312 g/mol. The largest absolute Gasteiger partial charge is 0.301 e. The summed E-state index contributed by atoms with van der Waals surface area (Å²) in [7, 11) is 0. The fourth-order valence-electron chi connectivity index (χ4n) is 2.34. The smallest absolute Gasteiger partial charge is 0.226 e. The van der Waals surface area contributed by atoms with Gasteiger partial charge in [-0.15, -0.1) is 10.2 Å². The van der Waals surface area contributed by atoms with Crippen molar-refractivity contribution >= 4 is 22.4 Å². The highest BCUT2D eigenvalue weighted by atomic mass is 32.1. The van der Waals surface area contributed by atoms with Crippen LogP contribution in [0.5, 0.6) is 0 Å². The Morgan fingerprint density at radius 2 is 2.17 bits per heavy atom. The van der Waals surface area contributed by atoms with Crippen molar-refractivity contribution < 1.29 is 4.79 Å². The third kappa shape index (κ3) is 4.36. The molecule has 1 amide bonds. The summed E-state index contributed by atoms with van der Waals surface area (Å²) in [5.74, 6) is -0.0765. The van der Waals surface area contributed by atoms with Crippen molar-refractivity contribution in [3.05, 3.63) is 22.0 Å². The molecule has 0 aliphatic heterocycles. The van der Waals surface area contributed by atoms with Crippen LogP contribution in [-0.4, -0.2) is 25.9 Å². The molecule has 1 N–H and O–H groups in total. The van der Waals surface area contributed by atoms with Gasteiger partial charge >= 0.3 is 0 Å². The maximum atomic E-state index is 12.0. The molecule has 2 heterocycles. The van der Waals surface area contributed by atoms with E-state index in [1.54, 1.807) is 0 Å². The molecule has 0 atom stereocenters. The molecule has 0 radical (unpaired) electrons. The van der Waals surface area contributed by atoms with Crippen LogP contribution in [-0.2, 0) is 24.2 Å². The Bertz CT molecular complexity index is 727. The lowest BCUT2D eigenvalue weighted by molar-refractivity contribution is -0.116. The SMILES string of the molecule is CCc1nnc(NC(=O)CCc2c(C)nn(CCC#N)c2C)s1. The van der Waals surface area contributed by atoms with Gasteiger partial charge in [-0.05, 0) is 32.3 Å². The minimum absolute atomic E-state index is 0.0765. The molecule has 2 aromatic rings. The third-order valence-corrected chi connectivity index (χ3v) is 4.57. The Kier molecular flexibility index (Phi) is 5.82. The minimum Gasteiger partial charge on any atom is -0.301 e. The van der Waals surface area contributed by atoms with Crippen molar-refractivity contribution in [3.63, 3.8) is 0 Å². The quantitative estimate of drug-likeness (QED) is 0.840. The summed E-state index contributed by atoms with van der Waals surface area (Å²) in [6.07, 6.45) is 2.23. The first kappa shape index (κ1) is 17.1. The molecular formula is C15H20N6OS. The van der Waals surface area contributed by atoms with E-state index in [2.05, 4.69) is 26.7 Å². The molecule has 2 aromatic heterocycles. The van der Waals surface area contributed by atoms with Crippen molar-refractivity contribution in [2.75, 3.05) is 5.32 Å². The number of nitriles is 1. The molecule has 122 valence electrons. The Morgan fingerprint density at radius 3 is 2.83 bits per heavy atom. The summed E-state index contributed by atoms with van der Waals surface area (Å²) in [6.45, 7) is 6.49. The first-order valence-electron chi connectivity index (χ1n) is 7.57. The zero-order valence-electron chi connectivity index (χ0n) is 13.6. The Hall–Kier alpha value is -2.27. The summed E-state index contributed by atoms with van der Waals surface area (Å²) in [6, 6.07) is 2.12. The lowest BCUT2D eigenvalue weighted by atomic mass is 10.1. The van der Waals surface area contributed by atoms with E-state index in [0.29, 0.717) is 30.9 Å². The number of nitrogens with one attached hydrogen (secondary N) is 1. The molecule has 0 aliphatic rings. The maximum Gasteiger partial charge on any atom is 0.226 e. The van der Waals surface area contributed by atoms with Crippen LogP contribution in [0.1, 0.15) is 41.7 Å². The van der Waals surface area contributed by atoms with Gasteiger partial charge in [0.1, 0.15) is 5.01 Å². The Labute approximate surface area is 139 Å². The number of hydrogen-bond donors (Lipinski definition) is 1. The highest BCUT2D eigenvalue weighted by Crippen LogP contribution is 2.18. The van der Waals surface area contributed by atoms with Crippen LogP contribution in [0, 0.1) is 25.2 Å². The zero-order chi connectivity index (χ0) is 16.8. The highest BCUT2D eigenvalue weighted by Gasteiger charge is 2.14. The van der Waals surface area contributed by atoms with Gasteiger partial charge in [0.15, 0.2) is 0 Å². The van der Waals surface area contributed by atoms with E-state index in [4.69, 9.17) is 5.26 Å². The predicted octanol–water partition coefficient (Wildman–Crippen LogP) is 2.40. The number of aryl methyl sites for hydroxylation is 3. The molecule has 0 saturated carbocycles. The zero-order valence-corrected chi connectivity index (χ0v) is 14.4. The van der Waals surface area contributed by atoms with Crippen LogP contribution < -0.4 is 5.32 Å². The second-order valence-electron chi connectivity index (χ2n) is 5.18. The van der Waals surface area contributed by atoms with Gasteiger partial charge in [-0.2, -0.15) is 10.4 Å². The van der Waals surface area contributed by atoms with E-state index in [-0.39, 0.29) is 5.91 Å². The summed E-state index contributed by atoms with van der Waals surface area (Å²) >= 11 is 1.40. The monoisotopic (exact) mass is 332 g/mol. The van der Waals surface area contributed by atoms with Crippen LogP contribution in [0.4, 0.5) is 5.13 Å². The summed E-state index contributed by atoms with van der Waals surface area (Å²) in [5.41, 5.74) is 3.01. The number of anilines is 1. The lowest BCUT2D eigenvalue weighted by Gasteiger charge is -2.04. The summed E-state index contributed by atoms with van der Waals surface area (Å²) < 4.78 is 1.84. The maximum absolute atomic E-state index is 12.0. The Morgan fingerprint density at radius 1 is 1.39 bits per heavy atom. The van der Waals surface area contributed by atoms with Crippen LogP contribution in [0.25, 0.3) is 0 Å². The fraction of sp³-hybridized carbons (Fsp3) is 0.533. The molecule has 0 bridgehead atoms. The number of rotatable bonds is 7. The van der Waals surface area contributed by atoms with Gasteiger partial charge in [-0.1, -0.05) is 18.3 Å². The average Bonchev–Trinajstić information content (AvgIpc) is 3.08. The van der Waals surface area contributed by atoms with E-state index in [1.807, 2.05) is 25.5 Å². The average molecular weight is 332 g/mol. The standard InChI is InChI=1S/C15H20N6OS/c1-4-14-18-19-15(23-14)17-13(22)7-6-12-10(2)20-21(11(12)3)9-5-8-16/h4-7,9H2,1-3H3,(H,17,19,22).